The number of hydrogen-bond acceptors (Lipinski definition) is 15. The van der Waals surface area contributed by atoms with Gasteiger partial charge < -0.3 is 33.8 Å². The lowest BCUT2D eigenvalue weighted by Gasteiger charge is -2.21. The van der Waals surface area contributed by atoms with E-state index in [0.29, 0.717) is 31.6 Å². The summed E-state index contributed by atoms with van der Waals surface area (Å²) >= 11 is 0. The quantitative estimate of drug-likeness (QED) is 0.0222. The summed E-state index contributed by atoms with van der Waals surface area (Å²) < 4.78 is 68.1. The number of carbonyl (C=O) groups is 4. The normalized spacial score (nSPS) is 14.4. The third kappa shape index (κ3) is 60.9. The van der Waals surface area contributed by atoms with Crippen LogP contribution in [-0.4, -0.2) is 96.7 Å². The predicted octanol–water partition coefficient (Wildman–Crippen LogP) is 18.5. The maximum atomic E-state index is 13.0. The molecule has 2 unspecified atom stereocenters. The van der Waals surface area contributed by atoms with Crippen LogP contribution in [0.25, 0.3) is 0 Å². The summed E-state index contributed by atoms with van der Waals surface area (Å²) in [5.74, 6) is 0.771. The molecule has 0 fully saturated rings. The zero-order chi connectivity index (χ0) is 63.9. The number of esters is 4. The van der Waals surface area contributed by atoms with Crippen molar-refractivity contribution in [2.24, 2.45) is 23.7 Å². The van der Waals surface area contributed by atoms with E-state index in [-0.39, 0.29) is 25.7 Å². The van der Waals surface area contributed by atoms with Crippen molar-refractivity contribution < 1.29 is 80.2 Å². The number of rotatable bonds is 64. The molecule has 0 aromatic carbocycles. The zero-order valence-electron chi connectivity index (χ0n) is 55.9. The Morgan fingerprint density at radius 3 is 0.721 bits per heavy atom. The fourth-order valence-electron chi connectivity index (χ4n) is 9.96. The van der Waals surface area contributed by atoms with Gasteiger partial charge in [-0.05, 0) is 49.4 Å². The molecule has 0 spiro atoms. The summed E-state index contributed by atoms with van der Waals surface area (Å²) in [7, 11) is -9.90. The Bertz CT molecular complexity index is 1710. The second kappa shape index (κ2) is 57.0. The van der Waals surface area contributed by atoms with Crippen LogP contribution in [0.1, 0.15) is 325 Å². The summed E-state index contributed by atoms with van der Waals surface area (Å²) in [4.78, 5) is 72.3. The molecule has 19 heteroatoms. The van der Waals surface area contributed by atoms with E-state index in [1.807, 2.05) is 0 Å². The first-order chi connectivity index (χ1) is 41.1. The first-order valence-corrected chi connectivity index (χ1v) is 37.7. The van der Waals surface area contributed by atoms with Crippen LogP contribution in [0.5, 0.6) is 0 Å². The first kappa shape index (κ1) is 84.1. The second-order valence-electron chi connectivity index (χ2n) is 26.1. The van der Waals surface area contributed by atoms with Crippen LogP contribution >= 0.6 is 15.6 Å². The van der Waals surface area contributed by atoms with Crippen molar-refractivity contribution in [1.82, 2.24) is 0 Å². The lowest BCUT2D eigenvalue weighted by molar-refractivity contribution is -0.161. The molecule has 86 heavy (non-hydrogen) atoms. The minimum atomic E-state index is -4.95. The fourth-order valence-corrected chi connectivity index (χ4v) is 11.5. The molecule has 0 radical (unpaired) electrons. The molecule has 0 aromatic heterocycles. The molecule has 0 rings (SSSR count). The molecule has 0 aromatic rings. The maximum absolute atomic E-state index is 13.0. The Hall–Kier alpha value is -1.94. The molecular weight excluding hydrogens is 1140 g/mol. The second-order valence-corrected chi connectivity index (χ2v) is 29.0. The summed E-state index contributed by atoms with van der Waals surface area (Å²) in [6, 6.07) is 0. The Balaban J connectivity index is 5.25. The van der Waals surface area contributed by atoms with E-state index in [9.17, 15) is 43.2 Å². The molecule has 0 saturated carbocycles. The largest absolute Gasteiger partial charge is 0.472 e. The highest BCUT2D eigenvalue weighted by atomic mass is 31.2. The Morgan fingerprint density at radius 2 is 0.488 bits per heavy atom. The summed E-state index contributed by atoms with van der Waals surface area (Å²) in [5.41, 5.74) is 0. The maximum Gasteiger partial charge on any atom is 0.472 e. The number of aliphatic hydroxyl groups excluding tert-OH is 1. The van der Waals surface area contributed by atoms with Crippen molar-refractivity contribution in [2.45, 2.75) is 343 Å². The lowest BCUT2D eigenvalue weighted by atomic mass is 10.0. The van der Waals surface area contributed by atoms with Crippen LogP contribution in [-0.2, 0) is 65.4 Å². The monoisotopic (exact) mass is 1270 g/mol. The fraction of sp³-hybridized carbons (Fsp3) is 0.940. The number of phosphoric ester groups is 2. The smallest absolute Gasteiger partial charge is 0.462 e. The van der Waals surface area contributed by atoms with Crippen molar-refractivity contribution in [1.29, 1.82) is 0 Å². The van der Waals surface area contributed by atoms with Crippen molar-refractivity contribution in [3.05, 3.63) is 0 Å². The molecule has 5 atom stereocenters. The number of carbonyl (C=O) groups excluding carboxylic acids is 4. The zero-order valence-corrected chi connectivity index (χ0v) is 57.7. The summed E-state index contributed by atoms with van der Waals surface area (Å²) in [5, 5.41) is 10.6. The summed E-state index contributed by atoms with van der Waals surface area (Å²) in [6.45, 7) is 14.0. The molecule has 510 valence electrons. The topological polar surface area (TPSA) is 237 Å². The van der Waals surface area contributed by atoms with E-state index >= 15 is 0 Å². The van der Waals surface area contributed by atoms with Gasteiger partial charge in [-0.3, -0.25) is 37.3 Å². The van der Waals surface area contributed by atoms with Gasteiger partial charge in [0, 0.05) is 25.7 Å². The summed E-state index contributed by atoms with van der Waals surface area (Å²) in [6.07, 6.45) is 37.7. The van der Waals surface area contributed by atoms with Gasteiger partial charge in [0.2, 0.25) is 0 Å². The van der Waals surface area contributed by atoms with Crippen LogP contribution in [0.4, 0.5) is 0 Å². The van der Waals surface area contributed by atoms with E-state index in [0.717, 1.165) is 114 Å². The van der Waals surface area contributed by atoms with Crippen LogP contribution in [0.3, 0.4) is 0 Å². The average Bonchev–Trinajstić information content (AvgIpc) is 3.63. The number of unbranched alkanes of at least 4 members (excludes halogenated alkanes) is 30. The Kier molecular flexibility index (Phi) is 55.7. The van der Waals surface area contributed by atoms with E-state index in [2.05, 4.69) is 55.4 Å². The van der Waals surface area contributed by atoms with Crippen molar-refractivity contribution in [3.63, 3.8) is 0 Å². The van der Waals surface area contributed by atoms with Gasteiger partial charge in [0.1, 0.15) is 19.3 Å². The number of ether oxygens (including phenoxy) is 4. The molecule has 0 bridgehead atoms. The van der Waals surface area contributed by atoms with Crippen molar-refractivity contribution >= 4 is 39.5 Å². The molecule has 0 aliphatic rings. The SMILES string of the molecule is CC(C)CCCCCCCCCCCCCC(=O)O[C@H](COC(=O)CCCCCCCCC(C)C)COP(=O)(O)OC[C@H](O)COP(=O)(O)OC[C@@H](COC(=O)CCCCCCCCCCC(C)C)OC(=O)CCCCCCCCCCCC(C)C. The van der Waals surface area contributed by atoms with Gasteiger partial charge in [-0.25, -0.2) is 9.13 Å². The van der Waals surface area contributed by atoms with Gasteiger partial charge in [-0.1, -0.05) is 274 Å². The van der Waals surface area contributed by atoms with Crippen molar-refractivity contribution in [2.75, 3.05) is 39.6 Å². The molecular formula is C67H130O17P2. The Morgan fingerprint density at radius 1 is 0.291 bits per heavy atom. The first-order valence-electron chi connectivity index (χ1n) is 34.7. The van der Waals surface area contributed by atoms with Gasteiger partial charge >= 0.3 is 39.5 Å². The van der Waals surface area contributed by atoms with Gasteiger partial charge in [-0.2, -0.15) is 0 Å². The highest BCUT2D eigenvalue weighted by Crippen LogP contribution is 2.45. The van der Waals surface area contributed by atoms with E-state index in [4.69, 9.17) is 37.0 Å². The van der Waals surface area contributed by atoms with Gasteiger partial charge in [0.05, 0.1) is 26.4 Å². The van der Waals surface area contributed by atoms with Crippen molar-refractivity contribution in [3.8, 4) is 0 Å². The minimum absolute atomic E-state index is 0.104. The van der Waals surface area contributed by atoms with Gasteiger partial charge in [-0.15, -0.1) is 0 Å². The Labute approximate surface area is 524 Å². The van der Waals surface area contributed by atoms with E-state index < -0.39 is 97.5 Å². The molecule has 0 saturated heterocycles. The molecule has 0 amide bonds. The van der Waals surface area contributed by atoms with Crippen LogP contribution in [0, 0.1) is 23.7 Å². The average molecular weight is 1270 g/mol. The molecule has 0 aliphatic heterocycles. The standard InChI is InChI=1S/C67H130O17P2/c1-57(2)43-35-27-19-13-10-9-11-15-23-33-41-49-66(71)84-63(54-78-65(70)48-40-32-26-25-30-38-46-60(7)8)56-82-86(75,76)80-52-61(68)51-79-85(73,74)81-55-62(53-77-64(69)47-39-31-22-18-17-21-29-37-45-59(5)6)83-67(72)50-42-34-24-16-12-14-20-28-36-44-58(3)4/h57-63,68H,9-56H2,1-8H3,(H,73,74)(H,75,76)/t61-,62-,63-/m1/s1. The van der Waals surface area contributed by atoms with E-state index in [1.54, 1.807) is 0 Å². The molecule has 0 aliphatic carbocycles. The molecule has 17 nitrogen and oxygen atoms in total. The van der Waals surface area contributed by atoms with Crippen LogP contribution in [0.15, 0.2) is 0 Å². The third-order valence-electron chi connectivity index (χ3n) is 15.3. The third-order valence-corrected chi connectivity index (χ3v) is 17.2. The predicted molar refractivity (Wildman–Crippen MR) is 344 cm³/mol. The van der Waals surface area contributed by atoms with Gasteiger partial charge in [0.25, 0.3) is 0 Å². The highest BCUT2D eigenvalue weighted by Gasteiger charge is 2.30. The van der Waals surface area contributed by atoms with E-state index in [1.165, 1.54) is 122 Å². The van der Waals surface area contributed by atoms with Gasteiger partial charge in [0.15, 0.2) is 12.2 Å². The van der Waals surface area contributed by atoms with Crippen LogP contribution in [0.2, 0.25) is 0 Å². The molecule has 3 N–H and O–H groups in total. The number of aliphatic hydroxyl groups is 1. The lowest BCUT2D eigenvalue weighted by Crippen LogP contribution is -2.30. The number of phosphoric acid groups is 2. The van der Waals surface area contributed by atoms with Crippen LogP contribution < -0.4 is 0 Å². The number of hydrogen-bond donors (Lipinski definition) is 3. The molecule has 0 heterocycles. The highest BCUT2D eigenvalue weighted by molar-refractivity contribution is 7.47. The minimum Gasteiger partial charge on any atom is -0.462 e.